The zero-order valence-electron chi connectivity index (χ0n) is 32.2. The van der Waals surface area contributed by atoms with Crippen LogP contribution in [0.25, 0.3) is 10.8 Å². The largest absolute Gasteiger partial charge is 2.00 e. The molecule has 0 bridgehead atoms. The van der Waals surface area contributed by atoms with Gasteiger partial charge >= 0.3 is 135 Å². The maximum absolute atomic E-state index is 13.6. The fourth-order valence-electron chi connectivity index (χ4n) is 4.90. The molecule has 4 aromatic rings. The number of carboxylic acid groups (broad SMARTS) is 1. The summed E-state index contributed by atoms with van der Waals surface area (Å²) in [6, 6.07) is 6.83. The van der Waals surface area contributed by atoms with Crippen LogP contribution in [0.5, 0.6) is 17.2 Å². The normalized spacial score (nSPS) is 14.3. The van der Waals surface area contributed by atoms with Crippen molar-refractivity contribution in [2.24, 2.45) is 25.6 Å². The van der Waals surface area contributed by atoms with E-state index >= 15 is 0 Å². The van der Waals surface area contributed by atoms with Gasteiger partial charge in [0.05, 0.1) is 58.0 Å². The van der Waals surface area contributed by atoms with Crippen LogP contribution in [-0.4, -0.2) is 90.4 Å². The molecule has 1 heterocycles. The Hall–Kier alpha value is -1.49. The van der Waals surface area contributed by atoms with E-state index in [1.807, 2.05) is 0 Å². The minimum atomic E-state index is -5.48. The molecular formula is C29H18CuN6Na4O18S4. The molecule has 1 aliphatic heterocycles. The second-order valence-corrected chi connectivity index (χ2v) is 17.0. The molecule has 1 radical (unpaired) electrons. The van der Waals surface area contributed by atoms with Crippen LogP contribution in [0.15, 0.2) is 101 Å². The Labute approximate surface area is 450 Å². The van der Waals surface area contributed by atoms with Crippen LogP contribution in [0, 0.1) is 0 Å². The first-order valence-electron chi connectivity index (χ1n) is 14.9. The number of sulfone groups is 1. The molecule has 0 saturated heterocycles. The van der Waals surface area contributed by atoms with Gasteiger partial charge in [0.2, 0.25) is 10.4 Å². The van der Waals surface area contributed by atoms with Gasteiger partial charge in [-0.15, -0.1) is 5.11 Å². The third-order valence-electron chi connectivity index (χ3n) is 7.48. The number of nitrogens with zero attached hydrogens (tertiary/aromatic N) is 6. The number of carboxylic acids is 1. The van der Waals surface area contributed by atoms with E-state index in [0.717, 1.165) is 55.6 Å². The van der Waals surface area contributed by atoms with Gasteiger partial charge in [0.1, 0.15) is 36.6 Å². The minimum absolute atomic E-state index is 0. The van der Waals surface area contributed by atoms with Gasteiger partial charge in [-0.1, -0.05) is 17.6 Å². The van der Waals surface area contributed by atoms with E-state index in [-0.39, 0.29) is 152 Å². The first kappa shape index (κ1) is 60.5. The number of carbonyl (C=O) groups excluding carboxylic acids is 2. The number of rotatable bonds is 14. The summed E-state index contributed by atoms with van der Waals surface area (Å²) in [7, 11) is -19.2. The number of hydrazone groups is 1. The number of aliphatic carboxylic acids is 1. The molecule has 0 aromatic heterocycles. The molecule has 1 atom stereocenters. The van der Waals surface area contributed by atoms with Gasteiger partial charge in [-0.25, -0.2) is 33.7 Å². The van der Waals surface area contributed by atoms with Gasteiger partial charge in [-0.05, 0) is 59.3 Å². The predicted octanol–water partition coefficient (Wildman–Crippen LogP) is -12.9. The van der Waals surface area contributed by atoms with Crippen LogP contribution in [0.2, 0.25) is 0 Å². The molecule has 0 spiro atoms. The van der Waals surface area contributed by atoms with Crippen LogP contribution in [-0.2, 0) is 71.3 Å². The average molecular weight is 1020 g/mol. The van der Waals surface area contributed by atoms with Crippen molar-refractivity contribution < 1.29 is 216 Å². The van der Waals surface area contributed by atoms with Crippen molar-refractivity contribution in [3.63, 3.8) is 0 Å². The Bertz CT molecular complexity index is 2910. The Morgan fingerprint density at radius 2 is 1.42 bits per heavy atom. The van der Waals surface area contributed by atoms with Crippen molar-refractivity contribution in [2.75, 3.05) is 24.5 Å². The molecule has 33 heteroatoms. The second kappa shape index (κ2) is 23.8. The van der Waals surface area contributed by atoms with Gasteiger partial charge in [0.15, 0.2) is 15.9 Å². The molecule has 1 aliphatic rings. The standard InChI is InChI=1S/C29H24N6O18S4.Cu.4Na/c1-52-21-12-19(20(36)13-22(21)54(41,42)9-8-53-57(49,50)51)31-32-24-23(56(46,47)48)10-14-2-3-15(11-18(14)27(24)37)30-33-25-26(29(39)40)34-35(28(25)38)16-4-6-17(7-5-16)55(43,44)45;;;;;/h2-7,10-13,25,36-37H,8-9H2,1H3,(H,39,40)(H,43,44,45)(H,46,47,48)(H,49,50,51);;;;;/q;+2;4*+1/p-6. The SMILES string of the molecule is COc1cc(N=Nc2c(S(=O)(=O)[O-])cc3ccc(N=NC4C(=O)N(c5ccc(S(=O)(=O)[O-])cc5)N=C4C(=O)[O-])cc3c2[O-])c([O-])cc1S(=O)(=O)CCOS(=O)(=O)[O-].[Cu+2].[Na+].[Na+].[Na+].[Na+]. The van der Waals surface area contributed by atoms with Crippen molar-refractivity contribution in [2.45, 2.75) is 20.7 Å². The second-order valence-electron chi connectivity index (χ2n) is 11.1. The Morgan fingerprint density at radius 1 is 0.806 bits per heavy atom. The van der Waals surface area contributed by atoms with Crippen LogP contribution >= 0.6 is 0 Å². The van der Waals surface area contributed by atoms with E-state index in [1.54, 1.807) is 0 Å². The molecule has 0 N–H and O–H groups in total. The number of hydrogen-bond donors (Lipinski definition) is 0. The molecule has 0 aliphatic carbocycles. The van der Waals surface area contributed by atoms with Gasteiger partial charge in [0.25, 0.3) is 5.91 Å². The maximum Gasteiger partial charge on any atom is 2.00 e. The van der Waals surface area contributed by atoms with E-state index in [1.165, 1.54) is 0 Å². The number of benzene rings is 4. The molecule has 62 heavy (non-hydrogen) atoms. The summed E-state index contributed by atoms with van der Waals surface area (Å²) >= 11 is 0. The Kier molecular flexibility index (Phi) is 23.2. The van der Waals surface area contributed by atoms with E-state index < -0.39 is 125 Å². The van der Waals surface area contributed by atoms with Crippen molar-refractivity contribution in [1.82, 2.24) is 0 Å². The quantitative estimate of drug-likeness (QED) is 0.0490. The monoisotopic (exact) mass is 1020 g/mol. The van der Waals surface area contributed by atoms with Crippen LogP contribution < -0.4 is 143 Å². The van der Waals surface area contributed by atoms with E-state index in [4.69, 9.17) is 4.74 Å². The number of fused-ring (bicyclic) bond motifs is 1. The maximum atomic E-state index is 13.6. The van der Waals surface area contributed by atoms with Gasteiger partial charge < -0.3 is 38.5 Å². The van der Waals surface area contributed by atoms with Gasteiger partial charge in [-0.3, -0.25) is 8.98 Å². The molecule has 5 rings (SSSR count). The molecular weight excluding hydrogens is 1000 g/mol. The fraction of sp³-hybridized carbons (Fsp3) is 0.138. The molecule has 4 aromatic carbocycles. The zero-order chi connectivity index (χ0) is 42.2. The number of hydrogen-bond acceptors (Lipinski definition) is 23. The van der Waals surface area contributed by atoms with Crippen LogP contribution in [0.4, 0.5) is 22.7 Å². The van der Waals surface area contributed by atoms with Crippen LogP contribution in [0.3, 0.4) is 0 Å². The average Bonchev–Trinajstić information content (AvgIpc) is 3.45. The minimum Gasteiger partial charge on any atom is -0.871 e. The third kappa shape index (κ3) is 14.5. The number of ether oxygens (including phenoxy) is 1. The summed E-state index contributed by atoms with van der Waals surface area (Å²) in [5.74, 6) is -7.21. The summed E-state index contributed by atoms with van der Waals surface area (Å²) in [4.78, 5) is 22.2. The third-order valence-corrected chi connectivity index (χ3v) is 11.3. The number of anilines is 1. The topological polar surface area (TPSA) is 393 Å². The molecule has 1 unspecified atom stereocenters. The summed E-state index contributed by atoms with van der Waals surface area (Å²) < 4.78 is 136. The number of amides is 1. The molecule has 1 amide bonds. The Balaban J connectivity index is 0.00000744. The summed E-state index contributed by atoms with van der Waals surface area (Å²) in [6.45, 7) is -1.11. The van der Waals surface area contributed by atoms with Crippen molar-refractivity contribution in [1.29, 1.82) is 0 Å². The first-order chi connectivity index (χ1) is 26.4. The predicted molar refractivity (Wildman–Crippen MR) is 178 cm³/mol. The summed E-state index contributed by atoms with van der Waals surface area (Å²) in [5, 5.41) is 56.2. The smallest absolute Gasteiger partial charge is 0.871 e. The number of methoxy groups -OCH3 is 1. The summed E-state index contributed by atoms with van der Waals surface area (Å²) in [6.07, 6.45) is 0. The van der Waals surface area contributed by atoms with Crippen LogP contribution in [0.1, 0.15) is 0 Å². The first-order valence-corrected chi connectivity index (χ1v) is 20.7. The zero-order valence-corrected chi connectivity index (χ0v) is 44.4. The molecule has 311 valence electrons. The fourth-order valence-corrected chi connectivity index (χ4v) is 7.66. The van der Waals surface area contributed by atoms with E-state index in [9.17, 15) is 72.2 Å². The van der Waals surface area contributed by atoms with Gasteiger partial charge in [0, 0.05) is 6.07 Å². The van der Waals surface area contributed by atoms with Crippen molar-refractivity contribution in [3.05, 3.63) is 60.7 Å². The van der Waals surface area contributed by atoms with Gasteiger partial charge in [-0.2, -0.15) is 25.5 Å². The number of carbonyl (C=O) groups is 2. The summed E-state index contributed by atoms with van der Waals surface area (Å²) in [5.41, 5.74) is -3.22. The number of azo groups is 2. The van der Waals surface area contributed by atoms with E-state index in [2.05, 4.69) is 29.7 Å². The molecule has 0 saturated carbocycles. The molecule has 0 fully saturated rings. The van der Waals surface area contributed by atoms with Crippen molar-refractivity contribution in [3.8, 4) is 17.2 Å². The Morgan fingerprint density at radius 3 is 1.95 bits per heavy atom. The van der Waals surface area contributed by atoms with E-state index in [0.29, 0.717) is 17.1 Å². The van der Waals surface area contributed by atoms with Crippen molar-refractivity contribution >= 4 is 91.6 Å². The molecule has 24 nitrogen and oxygen atoms in total.